The number of aryl methyl sites for hydroxylation is 1. The molecule has 4 nitrogen and oxygen atoms in total. The summed E-state index contributed by atoms with van der Waals surface area (Å²) in [4.78, 5) is 5.05. The molecule has 0 spiro atoms. The summed E-state index contributed by atoms with van der Waals surface area (Å²) in [7, 11) is 0. The number of fused-ring (bicyclic) bond motifs is 1. The molecule has 0 aliphatic carbocycles. The zero-order valence-corrected chi connectivity index (χ0v) is 17.2. The monoisotopic (exact) mass is 389 g/mol. The summed E-state index contributed by atoms with van der Waals surface area (Å²) in [6.45, 7) is 5.82. The van der Waals surface area contributed by atoms with Crippen LogP contribution in [0.15, 0.2) is 53.1 Å². The molecule has 4 heteroatoms. The molecule has 0 unspecified atom stereocenters. The molecule has 2 fully saturated rings. The molecule has 3 aromatic rings. The molecule has 152 valence electrons. The molecule has 0 saturated carbocycles. The average Bonchev–Trinajstić information content (AvgIpc) is 3.44. The van der Waals surface area contributed by atoms with Crippen LogP contribution >= 0.6 is 0 Å². The lowest BCUT2D eigenvalue weighted by atomic mass is 9.91. The highest BCUT2D eigenvalue weighted by Crippen LogP contribution is 2.29. The van der Waals surface area contributed by atoms with Gasteiger partial charge in [-0.3, -0.25) is 4.90 Å². The van der Waals surface area contributed by atoms with Crippen molar-refractivity contribution in [2.75, 3.05) is 31.1 Å². The van der Waals surface area contributed by atoms with Crippen LogP contribution in [0.3, 0.4) is 0 Å². The number of rotatable bonds is 6. The Morgan fingerprint density at radius 2 is 1.72 bits per heavy atom. The maximum absolute atomic E-state index is 5.74. The molecular weight excluding hydrogens is 358 g/mol. The lowest BCUT2D eigenvalue weighted by Gasteiger charge is -2.31. The van der Waals surface area contributed by atoms with E-state index < -0.39 is 0 Å². The van der Waals surface area contributed by atoms with E-state index >= 15 is 0 Å². The van der Waals surface area contributed by atoms with Gasteiger partial charge in [-0.1, -0.05) is 35.5 Å². The normalized spacial score (nSPS) is 18.7. The van der Waals surface area contributed by atoms with Crippen molar-refractivity contribution in [2.45, 2.75) is 45.1 Å². The third-order valence-corrected chi connectivity index (χ3v) is 6.74. The SMILES string of the molecule is c1ccc(CN2CCC(CCc3onc4cc(N5CCCC5)ccc34)CC2)cc1. The van der Waals surface area contributed by atoms with Crippen molar-refractivity contribution in [1.82, 2.24) is 10.1 Å². The van der Waals surface area contributed by atoms with Crippen LogP contribution in [-0.4, -0.2) is 36.2 Å². The van der Waals surface area contributed by atoms with Gasteiger partial charge in [-0.15, -0.1) is 0 Å². The van der Waals surface area contributed by atoms with Crippen LogP contribution in [0.1, 0.15) is 43.4 Å². The van der Waals surface area contributed by atoms with Crippen LogP contribution in [0, 0.1) is 5.92 Å². The van der Waals surface area contributed by atoms with Crippen molar-refractivity contribution in [3.8, 4) is 0 Å². The largest absolute Gasteiger partial charge is 0.371 e. The van der Waals surface area contributed by atoms with E-state index in [0.717, 1.165) is 30.2 Å². The Bertz CT molecular complexity index is 922. The summed E-state index contributed by atoms with van der Waals surface area (Å²) in [5.41, 5.74) is 3.73. The second-order valence-electron chi connectivity index (χ2n) is 8.75. The fraction of sp³-hybridized carbons (Fsp3) is 0.480. The minimum absolute atomic E-state index is 0.797. The van der Waals surface area contributed by atoms with Gasteiger partial charge >= 0.3 is 0 Å². The topological polar surface area (TPSA) is 32.5 Å². The third-order valence-electron chi connectivity index (χ3n) is 6.74. The molecule has 2 aromatic carbocycles. The van der Waals surface area contributed by atoms with Crippen molar-refractivity contribution in [1.29, 1.82) is 0 Å². The van der Waals surface area contributed by atoms with Crippen LogP contribution in [0.2, 0.25) is 0 Å². The molecule has 2 saturated heterocycles. The lowest BCUT2D eigenvalue weighted by molar-refractivity contribution is 0.171. The molecule has 0 radical (unpaired) electrons. The smallest absolute Gasteiger partial charge is 0.144 e. The van der Waals surface area contributed by atoms with Gasteiger partial charge < -0.3 is 9.42 Å². The van der Waals surface area contributed by atoms with Gasteiger partial charge in [-0.2, -0.15) is 0 Å². The number of benzene rings is 2. The average molecular weight is 390 g/mol. The van der Waals surface area contributed by atoms with Crippen LogP contribution in [0.25, 0.3) is 10.9 Å². The molecule has 0 atom stereocenters. The second-order valence-corrected chi connectivity index (χ2v) is 8.75. The first-order chi connectivity index (χ1) is 14.3. The number of aromatic nitrogens is 1. The fourth-order valence-corrected chi connectivity index (χ4v) is 4.95. The fourth-order valence-electron chi connectivity index (χ4n) is 4.95. The van der Waals surface area contributed by atoms with Gasteiger partial charge in [0.2, 0.25) is 0 Å². The Balaban J connectivity index is 1.14. The van der Waals surface area contributed by atoms with Crippen molar-refractivity contribution in [2.24, 2.45) is 5.92 Å². The molecular formula is C25H31N3O. The van der Waals surface area contributed by atoms with E-state index in [0.29, 0.717) is 0 Å². The first-order valence-corrected chi connectivity index (χ1v) is 11.2. The highest BCUT2D eigenvalue weighted by molar-refractivity contribution is 5.84. The minimum Gasteiger partial charge on any atom is -0.371 e. The lowest BCUT2D eigenvalue weighted by Crippen LogP contribution is -2.33. The second kappa shape index (κ2) is 8.58. The molecule has 0 bridgehead atoms. The first-order valence-electron chi connectivity index (χ1n) is 11.2. The maximum atomic E-state index is 5.74. The Morgan fingerprint density at radius 1 is 0.931 bits per heavy atom. The van der Waals surface area contributed by atoms with E-state index in [-0.39, 0.29) is 0 Å². The quantitative estimate of drug-likeness (QED) is 0.575. The molecule has 2 aliphatic heterocycles. The number of nitrogens with zero attached hydrogens (tertiary/aromatic N) is 3. The van der Waals surface area contributed by atoms with Crippen LogP contribution in [-0.2, 0) is 13.0 Å². The zero-order valence-electron chi connectivity index (χ0n) is 17.2. The summed E-state index contributed by atoms with van der Waals surface area (Å²) in [5, 5.41) is 5.57. The first kappa shape index (κ1) is 18.7. The highest BCUT2D eigenvalue weighted by atomic mass is 16.5. The molecule has 29 heavy (non-hydrogen) atoms. The molecule has 2 aliphatic rings. The minimum atomic E-state index is 0.797. The maximum Gasteiger partial charge on any atom is 0.144 e. The third kappa shape index (κ3) is 4.32. The van der Waals surface area contributed by atoms with Crippen LogP contribution in [0.4, 0.5) is 5.69 Å². The highest BCUT2D eigenvalue weighted by Gasteiger charge is 2.21. The van der Waals surface area contributed by atoms with E-state index in [9.17, 15) is 0 Å². The number of piperidine rings is 1. The number of hydrogen-bond donors (Lipinski definition) is 0. The Labute approximate surface area is 173 Å². The van der Waals surface area contributed by atoms with E-state index in [1.807, 2.05) is 0 Å². The Hall–Kier alpha value is -2.33. The Kier molecular flexibility index (Phi) is 5.53. The van der Waals surface area contributed by atoms with Gasteiger partial charge in [-0.05, 0) is 74.9 Å². The Morgan fingerprint density at radius 3 is 2.52 bits per heavy atom. The van der Waals surface area contributed by atoms with E-state index in [4.69, 9.17) is 4.52 Å². The predicted octanol–water partition coefficient (Wildman–Crippen LogP) is 5.27. The van der Waals surface area contributed by atoms with Gasteiger partial charge in [0.15, 0.2) is 0 Å². The number of likely N-dealkylation sites (tertiary alicyclic amines) is 1. The number of anilines is 1. The summed E-state index contributed by atoms with van der Waals surface area (Å²) in [5.74, 6) is 1.87. The molecule has 0 amide bonds. The van der Waals surface area contributed by atoms with Gasteiger partial charge in [0.1, 0.15) is 11.3 Å². The van der Waals surface area contributed by atoms with E-state index in [2.05, 4.69) is 63.5 Å². The van der Waals surface area contributed by atoms with Crippen molar-refractivity contribution in [3.63, 3.8) is 0 Å². The van der Waals surface area contributed by atoms with Gasteiger partial charge in [0.05, 0.1) is 0 Å². The predicted molar refractivity (Wildman–Crippen MR) is 118 cm³/mol. The summed E-state index contributed by atoms with van der Waals surface area (Å²) < 4.78 is 5.74. The van der Waals surface area contributed by atoms with E-state index in [1.54, 1.807) is 0 Å². The van der Waals surface area contributed by atoms with E-state index in [1.165, 1.54) is 74.9 Å². The summed E-state index contributed by atoms with van der Waals surface area (Å²) in [6, 6.07) is 17.5. The summed E-state index contributed by atoms with van der Waals surface area (Å²) in [6.07, 6.45) is 7.38. The van der Waals surface area contributed by atoms with Gasteiger partial charge in [0, 0.05) is 37.1 Å². The summed E-state index contributed by atoms with van der Waals surface area (Å²) >= 11 is 0. The molecule has 3 heterocycles. The molecule has 5 rings (SSSR count). The molecule has 0 N–H and O–H groups in total. The van der Waals surface area contributed by atoms with Crippen molar-refractivity contribution in [3.05, 3.63) is 59.9 Å². The van der Waals surface area contributed by atoms with Crippen LogP contribution < -0.4 is 4.90 Å². The van der Waals surface area contributed by atoms with Crippen molar-refractivity contribution >= 4 is 16.6 Å². The van der Waals surface area contributed by atoms with Gasteiger partial charge in [0.25, 0.3) is 0 Å². The molecule has 1 aromatic heterocycles. The van der Waals surface area contributed by atoms with Crippen LogP contribution in [0.5, 0.6) is 0 Å². The number of hydrogen-bond acceptors (Lipinski definition) is 4. The van der Waals surface area contributed by atoms with Gasteiger partial charge in [-0.25, -0.2) is 0 Å². The van der Waals surface area contributed by atoms with Crippen molar-refractivity contribution < 1.29 is 4.52 Å². The standard InChI is InChI=1S/C25H31N3O/c1-2-6-21(7-3-1)19-27-16-12-20(13-17-27)8-11-25-23-10-9-22(18-24(23)26-29-25)28-14-4-5-15-28/h1-3,6-7,9-10,18,20H,4-5,8,11-17,19H2. The zero-order chi connectivity index (χ0) is 19.5.